The molecule has 3 aromatic carbocycles. The van der Waals surface area contributed by atoms with Crippen LogP contribution in [0.2, 0.25) is 0 Å². The fourth-order valence-electron chi connectivity index (χ4n) is 3.07. The van der Waals surface area contributed by atoms with E-state index in [1.807, 2.05) is 36.4 Å². The van der Waals surface area contributed by atoms with Gasteiger partial charge in [0, 0.05) is 22.0 Å². The van der Waals surface area contributed by atoms with Crippen LogP contribution in [0.5, 0.6) is 5.75 Å². The lowest BCUT2D eigenvalue weighted by Gasteiger charge is -2.11. The molecule has 1 heterocycles. The largest absolute Gasteiger partial charge is 0.508 e. The Hall–Kier alpha value is -3.93. The van der Waals surface area contributed by atoms with Crippen LogP contribution in [-0.2, 0) is 4.74 Å². The molecule has 0 spiro atoms. The maximum Gasteiger partial charge on any atom is 0.338 e. The van der Waals surface area contributed by atoms with Gasteiger partial charge in [0.1, 0.15) is 11.4 Å². The minimum Gasteiger partial charge on any atom is -0.508 e. The van der Waals surface area contributed by atoms with Crippen molar-refractivity contribution in [2.24, 2.45) is 0 Å². The lowest BCUT2D eigenvalue weighted by atomic mass is 10.0. The van der Waals surface area contributed by atoms with Crippen LogP contribution < -0.4 is 5.32 Å². The number of esters is 1. The highest BCUT2D eigenvalue weighted by Crippen LogP contribution is 2.31. The second kappa shape index (κ2) is 7.98. The second-order valence-corrected chi connectivity index (χ2v) is 6.41. The van der Waals surface area contributed by atoms with Crippen LogP contribution in [-0.4, -0.2) is 27.9 Å². The van der Waals surface area contributed by atoms with Crippen molar-refractivity contribution in [3.05, 3.63) is 78.4 Å². The minimum absolute atomic E-state index is 0.202. The van der Waals surface area contributed by atoms with E-state index >= 15 is 0 Å². The topological polar surface area (TPSA) is 84.3 Å². The number of nitrogens with one attached hydrogen (secondary N) is 1. The van der Waals surface area contributed by atoms with Crippen LogP contribution in [0.4, 0.5) is 11.5 Å². The first-order valence-electron chi connectivity index (χ1n) is 9.24. The van der Waals surface area contributed by atoms with Gasteiger partial charge in [-0.1, -0.05) is 36.4 Å². The van der Waals surface area contributed by atoms with E-state index in [1.54, 1.807) is 43.3 Å². The number of aromatic hydroxyl groups is 1. The molecule has 0 atom stereocenters. The molecule has 0 radical (unpaired) electrons. The van der Waals surface area contributed by atoms with Crippen molar-refractivity contribution >= 4 is 28.2 Å². The molecular weight excluding hydrogens is 366 g/mol. The van der Waals surface area contributed by atoms with Gasteiger partial charge in [-0.05, 0) is 43.3 Å². The third kappa shape index (κ3) is 3.87. The van der Waals surface area contributed by atoms with Gasteiger partial charge < -0.3 is 15.2 Å². The van der Waals surface area contributed by atoms with Crippen LogP contribution in [0.25, 0.3) is 22.0 Å². The van der Waals surface area contributed by atoms with Crippen molar-refractivity contribution in [1.29, 1.82) is 0 Å². The first-order chi connectivity index (χ1) is 14.2. The molecule has 0 aliphatic rings. The first-order valence-corrected chi connectivity index (χ1v) is 9.24. The second-order valence-electron chi connectivity index (χ2n) is 6.41. The number of phenolic OH excluding ortho intramolecular Hbond substituents is 1. The monoisotopic (exact) mass is 385 g/mol. The maximum absolute atomic E-state index is 11.9. The Labute approximate surface area is 167 Å². The Balaban J connectivity index is 1.71. The Bertz CT molecular complexity index is 1160. The van der Waals surface area contributed by atoms with Crippen molar-refractivity contribution in [2.75, 3.05) is 11.9 Å². The van der Waals surface area contributed by atoms with Crippen molar-refractivity contribution in [2.45, 2.75) is 6.92 Å². The van der Waals surface area contributed by atoms with E-state index in [-0.39, 0.29) is 11.7 Å². The summed E-state index contributed by atoms with van der Waals surface area (Å²) in [6, 6.07) is 21.8. The summed E-state index contributed by atoms with van der Waals surface area (Å²) in [5.41, 5.74) is 2.89. The number of hydrogen-bond donors (Lipinski definition) is 2. The van der Waals surface area contributed by atoms with Crippen LogP contribution in [0.3, 0.4) is 0 Å². The number of nitrogens with zero attached hydrogens (tertiary/aromatic N) is 2. The molecule has 4 aromatic rings. The molecule has 6 heteroatoms. The summed E-state index contributed by atoms with van der Waals surface area (Å²) in [4.78, 5) is 11.9. The molecule has 0 bridgehead atoms. The van der Waals surface area contributed by atoms with Gasteiger partial charge in [0.05, 0.1) is 12.2 Å². The summed E-state index contributed by atoms with van der Waals surface area (Å²) in [5, 5.41) is 23.4. The SMILES string of the molecule is CCOC(=O)c1ccc(-c2nnc(Nc3ccc(O)cc3)c3ccccc23)cc1. The summed E-state index contributed by atoms with van der Waals surface area (Å²) < 4.78 is 5.03. The average Bonchev–Trinajstić information content (AvgIpc) is 2.76. The molecule has 0 aliphatic carbocycles. The van der Waals surface area contributed by atoms with E-state index in [4.69, 9.17) is 4.74 Å². The average molecular weight is 385 g/mol. The molecule has 2 N–H and O–H groups in total. The van der Waals surface area contributed by atoms with Gasteiger partial charge in [-0.25, -0.2) is 4.79 Å². The van der Waals surface area contributed by atoms with Gasteiger partial charge in [-0.15, -0.1) is 10.2 Å². The number of phenols is 1. The summed E-state index contributed by atoms with van der Waals surface area (Å²) in [6.07, 6.45) is 0. The zero-order chi connectivity index (χ0) is 20.2. The summed E-state index contributed by atoms with van der Waals surface area (Å²) in [7, 11) is 0. The number of aromatic nitrogens is 2. The Morgan fingerprint density at radius 1 is 0.931 bits per heavy atom. The third-order valence-electron chi connectivity index (χ3n) is 4.49. The predicted octanol–water partition coefficient (Wildman–Crippen LogP) is 4.92. The fraction of sp³-hybridized carbons (Fsp3) is 0.0870. The number of hydrogen-bond acceptors (Lipinski definition) is 6. The third-order valence-corrected chi connectivity index (χ3v) is 4.49. The normalized spacial score (nSPS) is 10.7. The summed E-state index contributed by atoms with van der Waals surface area (Å²) >= 11 is 0. The molecule has 0 saturated carbocycles. The van der Waals surface area contributed by atoms with Crippen LogP contribution >= 0.6 is 0 Å². The minimum atomic E-state index is -0.344. The van der Waals surface area contributed by atoms with Crippen molar-refractivity contribution in [3.8, 4) is 17.0 Å². The number of fused-ring (bicyclic) bond motifs is 1. The van der Waals surface area contributed by atoms with E-state index in [9.17, 15) is 9.90 Å². The van der Waals surface area contributed by atoms with Crippen LogP contribution in [0, 0.1) is 0 Å². The highest BCUT2D eigenvalue weighted by Gasteiger charge is 2.12. The summed E-state index contributed by atoms with van der Waals surface area (Å²) in [5.74, 6) is 0.481. The first kappa shape index (κ1) is 18.4. The van der Waals surface area contributed by atoms with Gasteiger partial charge in [-0.3, -0.25) is 0 Å². The van der Waals surface area contributed by atoms with E-state index < -0.39 is 0 Å². The van der Waals surface area contributed by atoms with E-state index in [1.165, 1.54) is 0 Å². The predicted molar refractivity (Wildman–Crippen MR) is 112 cm³/mol. The highest BCUT2D eigenvalue weighted by atomic mass is 16.5. The van der Waals surface area contributed by atoms with Gasteiger partial charge in [0.15, 0.2) is 5.82 Å². The summed E-state index contributed by atoms with van der Waals surface area (Å²) in [6.45, 7) is 2.12. The van der Waals surface area contributed by atoms with Crippen LogP contribution in [0.1, 0.15) is 17.3 Å². The maximum atomic E-state index is 11.9. The van der Waals surface area contributed by atoms with Gasteiger partial charge in [-0.2, -0.15) is 0 Å². The number of ether oxygens (including phenoxy) is 1. The number of rotatable bonds is 5. The van der Waals surface area contributed by atoms with Crippen LogP contribution in [0.15, 0.2) is 72.8 Å². The smallest absolute Gasteiger partial charge is 0.338 e. The van der Waals surface area contributed by atoms with Gasteiger partial charge in [0.2, 0.25) is 0 Å². The van der Waals surface area contributed by atoms with Crippen molar-refractivity contribution in [1.82, 2.24) is 10.2 Å². The Kier molecular flexibility index (Phi) is 5.07. The molecule has 0 saturated heterocycles. The molecular formula is C23H19N3O3. The lowest BCUT2D eigenvalue weighted by molar-refractivity contribution is 0.0526. The fourth-order valence-corrected chi connectivity index (χ4v) is 3.07. The standard InChI is InChI=1S/C23H19N3O3/c1-2-29-23(28)16-9-7-15(8-10-16)21-19-5-3-4-6-20(19)22(26-25-21)24-17-11-13-18(27)14-12-17/h3-14,27H,2H2,1H3,(H,24,26). The molecule has 1 aromatic heterocycles. The van der Waals surface area contributed by atoms with Crippen molar-refractivity contribution < 1.29 is 14.6 Å². The van der Waals surface area contributed by atoms with Crippen molar-refractivity contribution in [3.63, 3.8) is 0 Å². The van der Waals surface area contributed by atoms with E-state index in [0.29, 0.717) is 18.0 Å². The highest BCUT2D eigenvalue weighted by molar-refractivity contribution is 6.01. The number of anilines is 2. The van der Waals surface area contributed by atoms with Gasteiger partial charge in [0.25, 0.3) is 0 Å². The quantitative estimate of drug-likeness (QED) is 0.375. The number of carbonyl (C=O) groups is 1. The molecule has 144 valence electrons. The van der Waals surface area contributed by atoms with E-state index in [0.717, 1.165) is 27.7 Å². The molecule has 29 heavy (non-hydrogen) atoms. The van der Waals surface area contributed by atoms with Gasteiger partial charge >= 0.3 is 5.97 Å². The zero-order valence-corrected chi connectivity index (χ0v) is 15.8. The number of benzene rings is 3. The molecule has 0 unspecified atom stereocenters. The number of carbonyl (C=O) groups excluding carboxylic acids is 1. The Morgan fingerprint density at radius 3 is 2.31 bits per heavy atom. The molecule has 6 nitrogen and oxygen atoms in total. The van der Waals surface area contributed by atoms with E-state index in [2.05, 4.69) is 15.5 Å². The Morgan fingerprint density at radius 2 is 1.62 bits per heavy atom. The molecule has 0 aliphatic heterocycles. The molecule has 4 rings (SSSR count). The molecule has 0 fully saturated rings. The lowest BCUT2D eigenvalue weighted by Crippen LogP contribution is -2.04. The molecule has 0 amide bonds. The zero-order valence-electron chi connectivity index (χ0n) is 15.8.